The van der Waals surface area contributed by atoms with Crippen LogP contribution in [0.15, 0.2) is 27.9 Å². The average Bonchev–Trinajstić information content (AvgIpc) is 2.85. The number of carbonyl (C=O) groups is 1. The van der Waals surface area contributed by atoms with Crippen LogP contribution in [0.4, 0.5) is 4.79 Å². The summed E-state index contributed by atoms with van der Waals surface area (Å²) in [5.74, 6) is 0. The molecule has 0 radical (unpaired) electrons. The van der Waals surface area contributed by atoms with Crippen molar-refractivity contribution >= 4 is 27.1 Å². The van der Waals surface area contributed by atoms with Crippen molar-refractivity contribution in [2.24, 2.45) is 14.1 Å². The van der Waals surface area contributed by atoms with E-state index in [9.17, 15) is 18.0 Å². The number of hydrogen-bond acceptors (Lipinski definition) is 5. The fraction of sp³-hybridized carbons (Fsp3) is 0.467. The minimum atomic E-state index is -3.70. The molecule has 0 atom stereocenters. The Morgan fingerprint density at radius 3 is 2.24 bits per heavy atom. The molecule has 1 aliphatic rings. The minimum absolute atomic E-state index is 0.132. The second-order valence-electron chi connectivity index (χ2n) is 5.91. The van der Waals surface area contributed by atoms with E-state index in [2.05, 4.69) is 4.74 Å². The Bertz CT molecular complexity index is 983. The summed E-state index contributed by atoms with van der Waals surface area (Å²) in [6, 6.07) is 4.65. The van der Waals surface area contributed by atoms with Crippen LogP contribution in [-0.2, 0) is 28.9 Å². The smallest absolute Gasteiger partial charge is 0.409 e. The normalized spacial score (nSPS) is 16.4. The van der Waals surface area contributed by atoms with E-state index in [1.54, 1.807) is 20.2 Å². The van der Waals surface area contributed by atoms with Crippen molar-refractivity contribution in [3.8, 4) is 0 Å². The quantitative estimate of drug-likeness (QED) is 0.741. The van der Waals surface area contributed by atoms with Crippen molar-refractivity contribution < 1.29 is 17.9 Å². The topological polar surface area (TPSA) is 93.8 Å². The molecule has 0 spiro atoms. The molecule has 3 rings (SSSR count). The maximum atomic E-state index is 12.9. The summed E-state index contributed by atoms with van der Waals surface area (Å²) in [6.45, 7) is 0.947. The molecule has 10 heteroatoms. The van der Waals surface area contributed by atoms with Gasteiger partial charge >= 0.3 is 11.8 Å². The van der Waals surface area contributed by atoms with Crippen LogP contribution in [0.5, 0.6) is 0 Å². The molecule has 136 valence electrons. The number of imidazole rings is 1. The maximum Gasteiger partial charge on any atom is 0.409 e. The number of fused-ring (bicyclic) bond motifs is 1. The first-order valence-corrected chi connectivity index (χ1v) is 9.20. The zero-order valence-electron chi connectivity index (χ0n) is 14.3. The lowest BCUT2D eigenvalue weighted by molar-refractivity contribution is 0.108. The van der Waals surface area contributed by atoms with Crippen LogP contribution in [0.2, 0.25) is 0 Å². The Labute approximate surface area is 145 Å². The molecular weight excluding hydrogens is 348 g/mol. The first-order valence-electron chi connectivity index (χ1n) is 7.76. The van der Waals surface area contributed by atoms with Crippen molar-refractivity contribution in [3.63, 3.8) is 0 Å². The molecule has 0 aliphatic carbocycles. The fourth-order valence-electron chi connectivity index (χ4n) is 3.04. The summed E-state index contributed by atoms with van der Waals surface area (Å²) in [5, 5.41) is 0. The van der Waals surface area contributed by atoms with Crippen LogP contribution >= 0.6 is 0 Å². The molecule has 1 fully saturated rings. The zero-order valence-corrected chi connectivity index (χ0v) is 15.1. The maximum absolute atomic E-state index is 12.9. The van der Waals surface area contributed by atoms with E-state index in [-0.39, 0.29) is 36.8 Å². The molecule has 1 amide bonds. The van der Waals surface area contributed by atoms with Gasteiger partial charge in [0.25, 0.3) is 0 Å². The first kappa shape index (κ1) is 17.5. The number of aryl methyl sites for hydroxylation is 2. The van der Waals surface area contributed by atoms with Gasteiger partial charge in [-0.1, -0.05) is 0 Å². The standard InChI is InChI=1S/C15H20N4O5S/c1-16-12-5-4-11(10-13(12)17(2)14(16)20)25(22,23)19-8-6-18(7-9-19)15(21)24-3/h4-5,10H,6-9H2,1-3H3. The van der Waals surface area contributed by atoms with E-state index >= 15 is 0 Å². The molecule has 0 bridgehead atoms. The average molecular weight is 368 g/mol. The van der Waals surface area contributed by atoms with Crippen LogP contribution in [0.1, 0.15) is 0 Å². The monoisotopic (exact) mass is 368 g/mol. The van der Waals surface area contributed by atoms with Gasteiger partial charge in [-0.2, -0.15) is 4.31 Å². The number of benzene rings is 1. The molecule has 9 nitrogen and oxygen atoms in total. The number of rotatable bonds is 2. The Hall–Kier alpha value is -2.33. The van der Waals surface area contributed by atoms with Crippen LogP contribution in [-0.4, -0.2) is 66.1 Å². The summed E-state index contributed by atoms with van der Waals surface area (Å²) >= 11 is 0. The number of carbonyl (C=O) groups excluding carboxylic acids is 1. The molecular formula is C15H20N4O5S. The third-order valence-corrected chi connectivity index (χ3v) is 6.45. The highest BCUT2D eigenvalue weighted by atomic mass is 32.2. The van der Waals surface area contributed by atoms with E-state index in [4.69, 9.17) is 0 Å². The molecule has 1 aromatic heterocycles. The molecule has 2 heterocycles. The van der Waals surface area contributed by atoms with Crippen LogP contribution in [0.3, 0.4) is 0 Å². The Balaban J connectivity index is 1.91. The Morgan fingerprint density at radius 1 is 1.04 bits per heavy atom. The largest absolute Gasteiger partial charge is 0.453 e. The second-order valence-corrected chi connectivity index (χ2v) is 7.85. The number of nitrogens with zero attached hydrogens (tertiary/aromatic N) is 4. The second kappa shape index (κ2) is 6.19. The van der Waals surface area contributed by atoms with Crippen molar-refractivity contribution in [2.75, 3.05) is 33.3 Å². The van der Waals surface area contributed by atoms with Gasteiger partial charge in [-0.05, 0) is 18.2 Å². The van der Waals surface area contributed by atoms with Gasteiger partial charge in [-0.3, -0.25) is 9.13 Å². The van der Waals surface area contributed by atoms with Gasteiger partial charge in [0.15, 0.2) is 0 Å². The van der Waals surface area contributed by atoms with Crippen LogP contribution in [0, 0.1) is 0 Å². The summed E-state index contributed by atoms with van der Waals surface area (Å²) in [6.07, 6.45) is -0.460. The lowest BCUT2D eigenvalue weighted by Crippen LogP contribution is -2.50. The highest BCUT2D eigenvalue weighted by molar-refractivity contribution is 7.89. The number of hydrogen-bond donors (Lipinski definition) is 0. The predicted molar refractivity (Wildman–Crippen MR) is 90.9 cm³/mol. The third-order valence-electron chi connectivity index (χ3n) is 4.55. The fourth-order valence-corrected chi connectivity index (χ4v) is 4.48. The van der Waals surface area contributed by atoms with E-state index in [1.165, 1.54) is 37.6 Å². The van der Waals surface area contributed by atoms with Gasteiger partial charge in [0.1, 0.15) is 0 Å². The van der Waals surface area contributed by atoms with Crippen molar-refractivity contribution in [3.05, 3.63) is 28.7 Å². The number of sulfonamides is 1. The van der Waals surface area contributed by atoms with Crippen LogP contribution in [0.25, 0.3) is 11.0 Å². The lowest BCUT2D eigenvalue weighted by Gasteiger charge is -2.33. The summed E-state index contributed by atoms with van der Waals surface area (Å²) in [7, 11) is 0.848. The minimum Gasteiger partial charge on any atom is -0.453 e. The van der Waals surface area contributed by atoms with E-state index in [1.807, 2.05) is 0 Å². The molecule has 1 aliphatic heterocycles. The predicted octanol–water partition coefficient (Wildman–Crippen LogP) is -0.0503. The number of methoxy groups -OCH3 is 1. The molecule has 25 heavy (non-hydrogen) atoms. The van der Waals surface area contributed by atoms with Gasteiger partial charge in [0.05, 0.1) is 23.0 Å². The number of amides is 1. The summed E-state index contributed by atoms with van der Waals surface area (Å²) in [5.41, 5.74) is 1.01. The van der Waals surface area contributed by atoms with Gasteiger partial charge in [-0.25, -0.2) is 18.0 Å². The van der Waals surface area contributed by atoms with Crippen molar-refractivity contribution in [1.82, 2.24) is 18.3 Å². The van der Waals surface area contributed by atoms with Crippen LogP contribution < -0.4 is 5.69 Å². The highest BCUT2D eigenvalue weighted by Crippen LogP contribution is 2.22. The van der Waals surface area contributed by atoms with Gasteiger partial charge in [0.2, 0.25) is 10.0 Å². The lowest BCUT2D eigenvalue weighted by atomic mass is 10.3. The summed E-state index contributed by atoms with van der Waals surface area (Å²) in [4.78, 5) is 25.1. The van der Waals surface area contributed by atoms with Gasteiger partial charge in [0, 0.05) is 40.3 Å². The Morgan fingerprint density at radius 2 is 1.64 bits per heavy atom. The van der Waals surface area contributed by atoms with Crippen molar-refractivity contribution in [2.45, 2.75) is 4.90 Å². The van der Waals surface area contributed by atoms with Gasteiger partial charge in [-0.15, -0.1) is 0 Å². The molecule has 0 N–H and O–H groups in total. The highest BCUT2D eigenvalue weighted by Gasteiger charge is 2.30. The van der Waals surface area contributed by atoms with Gasteiger partial charge < -0.3 is 9.64 Å². The molecule has 0 unspecified atom stereocenters. The van der Waals surface area contributed by atoms with E-state index in [0.717, 1.165) is 0 Å². The van der Waals surface area contributed by atoms with E-state index < -0.39 is 16.1 Å². The third kappa shape index (κ3) is 2.81. The number of piperazine rings is 1. The summed E-state index contributed by atoms with van der Waals surface area (Å²) < 4.78 is 34.6. The molecule has 1 saturated heterocycles. The molecule has 1 aromatic carbocycles. The number of aromatic nitrogens is 2. The molecule has 0 saturated carbocycles. The SMILES string of the molecule is COC(=O)N1CCN(S(=O)(=O)c2ccc3c(c2)n(C)c(=O)n3C)CC1. The van der Waals surface area contributed by atoms with E-state index in [0.29, 0.717) is 11.0 Å². The number of ether oxygens (including phenoxy) is 1. The van der Waals surface area contributed by atoms with Crippen molar-refractivity contribution in [1.29, 1.82) is 0 Å². The molecule has 2 aromatic rings. The Kier molecular flexibility index (Phi) is 4.33. The zero-order chi connectivity index (χ0) is 18.4. The first-order chi connectivity index (χ1) is 11.8.